The number of amides is 2. The molecule has 0 spiro atoms. The number of benzene rings is 2. The maximum absolute atomic E-state index is 13.1. The molecule has 0 aliphatic carbocycles. The molecule has 2 aromatic rings. The molecule has 0 aromatic heterocycles. The fourth-order valence-electron chi connectivity index (χ4n) is 3.18. The van der Waals surface area contributed by atoms with E-state index in [0.29, 0.717) is 0 Å². The molecule has 1 fully saturated rings. The van der Waals surface area contributed by atoms with Crippen molar-refractivity contribution < 1.29 is 35.9 Å². The van der Waals surface area contributed by atoms with E-state index in [1.165, 1.54) is 21.9 Å². The minimum Gasteiger partial charge on any atom is -0.335 e. The third-order valence-electron chi connectivity index (χ3n) is 4.78. The van der Waals surface area contributed by atoms with Crippen molar-refractivity contribution in [1.82, 2.24) is 9.80 Å². The first-order valence-corrected chi connectivity index (χ1v) is 8.90. The molecule has 160 valence electrons. The molecule has 1 saturated heterocycles. The van der Waals surface area contributed by atoms with E-state index >= 15 is 0 Å². The van der Waals surface area contributed by atoms with Gasteiger partial charge in [-0.05, 0) is 36.4 Å². The average molecular weight is 430 g/mol. The van der Waals surface area contributed by atoms with Gasteiger partial charge in [0.1, 0.15) is 0 Å². The maximum atomic E-state index is 13.1. The first kappa shape index (κ1) is 21.7. The minimum atomic E-state index is -4.67. The zero-order valence-electron chi connectivity index (χ0n) is 15.4. The van der Waals surface area contributed by atoms with Crippen molar-refractivity contribution in [1.29, 1.82) is 0 Å². The molecule has 1 aliphatic rings. The molecule has 2 aromatic carbocycles. The first-order valence-electron chi connectivity index (χ1n) is 8.90. The van der Waals surface area contributed by atoms with E-state index in [4.69, 9.17) is 0 Å². The van der Waals surface area contributed by atoms with Crippen LogP contribution in [0.25, 0.3) is 0 Å². The van der Waals surface area contributed by atoms with Gasteiger partial charge in [-0.15, -0.1) is 0 Å². The molecule has 1 aliphatic heterocycles. The lowest BCUT2D eigenvalue weighted by molar-refractivity contribution is -0.138. The maximum Gasteiger partial charge on any atom is 0.417 e. The molecule has 0 radical (unpaired) electrons. The molecule has 1 heterocycles. The van der Waals surface area contributed by atoms with Crippen molar-refractivity contribution in [3.05, 3.63) is 70.8 Å². The van der Waals surface area contributed by atoms with Gasteiger partial charge in [-0.1, -0.05) is 12.1 Å². The fourth-order valence-corrected chi connectivity index (χ4v) is 3.18. The predicted molar refractivity (Wildman–Crippen MR) is 94.7 cm³/mol. The van der Waals surface area contributed by atoms with Gasteiger partial charge in [0, 0.05) is 31.7 Å². The monoisotopic (exact) mass is 430 g/mol. The average Bonchev–Trinajstić information content (AvgIpc) is 2.71. The number of carbonyl (C=O) groups is 2. The van der Waals surface area contributed by atoms with Crippen LogP contribution < -0.4 is 0 Å². The lowest BCUT2D eigenvalue weighted by Gasteiger charge is -2.35. The number of nitrogens with zero attached hydrogens (tertiary/aromatic N) is 2. The van der Waals surface area contributed by atoms with E-state index in [-0.39, 0.29) is 31.7 Å². The molecule has 2 amide bonds. The molecular weight excluding hydrogens is 414 g/mol. The largest absolute Gasteiger partial charge is 0.417 e. The number of halogens is 6. The van der Waals surface area contributed by atoms with Gasteiger partial charge >= 0.3 is 12.4 Å². The summed E-state index contributed by atoms with van der Waals surface area (Å²) in [6.07, 6.45) is -9.19. The summed E-state index contributed by atoms with van der Waals surface area (Å²) in [6.45, 7) is 0.133. The number of hydrogen-bond acceptors (Lipinski definition) is 2. The van der Waals surface area contributed by atoms with Crippen molar-refractivity contribution in [2.45, 2.75) is 12.4 Å². The summed E-state index contributed by atoms with van der Waals surface area (Å²) < 4.78 is 77.3. The van der Waals surface area contributed by atoms with E-state index in [0.717, 1.165) is 36.4 Å². The third-order valence-corrected chi connectivity index (χ3v) is 4.78. The van der Waals surface area contributed by atoms with Crippen LogP contribution in [-0.2, 0) is 12.4 Å². The highest BCUT2D eigenvalue weighted by Gasteiger charge is 2.36. The molecule has 3 rings (SSSR count). The Morgan fingerprint density at radius 3 is 1.67 bits per heavy atom. The highest BCUT2D eigenvalue weighted by atomic mass is 19.4. The van der Waals surface area contributed by atoms with Crippen molar-refractivity contribution in [3.8, 4) is 0 Å². The summed E-state index contributed by atoms with van der Waals surface area (Å²) in [5.41, 5.74) is -2.31. The Hall–Kier alpha value is -3.04. The van der Waals surface area contributed by atoms with Gasteiger partial charge in [-0.3, -0.25) is 9.59 Å². The zero-order valence-corrected chi connectivity index (χ0v) is 15.4. The SMILES string of the molecule is O=C(c1ccc(C(F)(F)F)cc1)N1CCN(C(=O)c2ccccc2C(F)(F)F)CC1. The molecule has 10 heteroatoms. The quantitative estimate of drug-likeness (QED) is 0.666. The Kier molecular flexibility index (Phi) is 5.78. The standard InChI is InChI=1S/C20H16F6N2O2/c21-19(22,23)14-7-5-13(6-8-14)17(29)27-9-11-28(12-10-27)18(30)15-3-1-2-4-16(15)20(24,25)26/h1-8H,9-12H2. The Labute approximate surface area is 167 Å². The van der Waals surface area contributed by atoms with Crippen LogP contribution in [0.15, 0.2) is 48.5 Å². The Bertz CT molecular complexity index is 930. The second-order valence-electron chi connectivity index (χ2n) is 6.70. The highest BCUT2D eigenvalue weighted by molar-refractivity contribution is 5.97. The number of carbonyl (C=O) groups excluding carboxylic acids is 2. The Balaban J connectivity index is 1.66. The van der Waals surface area contributed by atoms with Gasteiger partial charge in [0.25, 0.3) is 11.8 Å². The molecule has 0 bridgehead atoms. The van der Waals surface area contributed by atoms with Gasteiger partial charge in [0.2, 0.25) is 0 Å². The van der Waals surface area contributed by atoms with Crippen molar-refractivity contribution >= 4 is 11.8 Å². The van der Waals surface area contributed by atoms with Crippen LogP contribution in [0.2, 0.25) is 0 Å². The van der Waals surface area contributed by atoms with Crippen molar-refractivity contribution in [2.75, 3.05) is 26.2 Å². The van der Waals surface area contributed by atoms with E-state index in [1.54, 1.807) is 0 Å². The summed E-state index contributed by atoms with van der Waals surface area (Å²) in [5.74, 6) is -1.30. The van der Waals surface area contributed by atoms with Gasteiger partial charge < -0.3 is 9.80 Å². The summed E-state index contributed by atoms with van der Waals surface area (Å²) in [6, 6.07) is 8.22. The van der Waals surface area contributed by atoms with Crippen LogP contribution in [0.1, 0.15) is 31.8 Å². The van der Waals surface area contributed by atoms with Gasteiger partial charge in [0.05, 0.1) is 16.7 Å². The zero-order chi connectivity index (χ0) is 22.1. The smallest absolute Gasteiger partial charge is 0.335 e. The second kappa shape index (κ2) is 8.00. The lowest BCUT2D eigenvalue weighted by Crippen LogP contribution is -2.50. The fraction of sp³-hybridized carbons (Fsp3) is 0.300. The van der Waals surface area contributed by atoms with E-state index < -0.39 is 40.9 Å². The Morgan fingerprint density at radius 1 is 0.667 bits per heavy atom. The van der Waals surface area contributed by atoms with Gasteiger partial charge in [-0.25, -0.2) is 0 Å². The number of alkyl halides is 6. The summed E-state index contributed by atoms with van der Waals surface area (Å²) in [4.78, 5) is 27.6. The highest BCUT2D eigenvalue weighted by Crippen LogP contribution is 2.32. The summed E-state index contributed by atoms with van der Waals surface area (Å²) in [7, 11) is 0. The van der Waals surface area contributed by atoms with Crippen LogP contribution in [0, 0.1) is 0 Å². The van der Waals surface area contributed by atoms with E-state index in [9.17, 15) is 35.9 Å². The van der Waals surface area contributed by atoms with Crippen molar-refractivity contribution in [3.63, 3.8) is 0 Å². The van der Waals surface area contributed by atoms with Crippen LogP contribution in [0.4, 0.5) is 26.3 Å². The van der Waals surface area contributed by atoms with Crippen LogP contribution in [0.5, 0.6) is 0 Å². The first-order chi connectivity index (χ1) is 14.0. The molecule has 0 atom stereocenters. The summed E-state index contributed by atoms with van der Waals surface area (Å²) >= 11 is 0. The molecule has 0 saturated carbocycles. The number of rotatable bonds is 2. The predicted octanol–water partition coefficient (Wildman–Crippen LogP) is 4.32. The van der Waals surface area contributed by atoms with Crippen LogP contribution >= 0.6 is 0 Å². The van der Waals surface area contributed by atoms with Gasteiger partial charge in [-0.2, -0.15) is 26.3 Å². The summed E-state index contributed by atoms with van der Waals surface area (Å²) in [5, 5.41) is 0. The molecule has 4 nitrogen and oxygen atoms in total. The van der Waals surface area contributed by atoms with Crippen LogP contribution in [-0.4, -0.2) is 47.8 Å². The topological polar surface area (TPSA) is 40.6 Å². The van der Waals surface area contributed by atoms with E-state index in [1.807, 2.05) is 0 Å². The van der Waals surface area contributed by atoms with E-state index in [2.05, 4.69) is 0 Å². The normalized spacial score (nSPS) is 15.3. The third kappa shape index (κ3) is 4.58. The minimum absolute atomic E-state index is 0.0113. The number of piperazine rings is 1. The molecule has 30 heavy (non-hydrogen) atoms. The van der Waals surface area contributed by atoms with Crippen LogP contribution in [0.3, 0.4) is 0 Å². The number of hydrogen-bond donors (Lipinski definition) is 0. The second-order valence-corrected chi connectivity index (χ2v) is 6.70. The Morgan fingerprint density at radius 2 is 1.17 bits per heavy atom. The molecular formula is C20H16F6N2O2. The lowest BCUT2D eigenvalue weighted by atomic mass is 10.1. The van der Waals surface area contributed by atoms with Gasteiger partial charge in [0.15, 0.2) is 0 Å². The van der Waals surface area contributed by atoms with Crippen molar-refractivity contribution in [2.24, 2.45) is 0 Å². The molecule has 0 N–H and O–H groups in total. The molecule has 0 unspecified atom stereocenters.